The van der Waals surface area contributed by atoms with Crippen LogP contribution in [0.4, 0.5) is 5.69 Å². The molecule has 4 atom stereocenters. The SMILES string of the molecule is COc1cc(-c2cc(C(=O)N3CC[C@H](O)C3)n(C)c2)cc([C@@H](C)NC(=O)c2cc(N3C[C@H]4CC[C@@H](C3)N4CI)ccc2C)c1. The number of aromatic nitrogens is 1. The third-order valence-electron chi connectivity index (χ3n) is 9.62. The van der Waals surface area contributed by atoms with Gasteiger partial charge >= 0.3 is 0 Å². The van der Waals surface area contributed by atoms with Crippen molar-refractivity contribution in [2.45, 2.75) is 57.3 Å². The monoisotopic (exact) mass is 711 g/mol. The Labute approximate surface area is 273 Å². The van der Waals surface area contributed by atoms with E-state index in [-0.39, 0.29) is 17.9 Å². The summed E-state index contributed by atoms with van der Waals surface area (Å²) in [6.45, 7) is 6.88. The number of methoxy groups -OCH3 is 1. The fourth-order valence-corrected chi connectivity index (χ4v) is 8.10. The first kappa shape index (κ1) is 30.9. The number of aliphatic hydroxyl groups is 1. The van der Waals surface area contributed by atoms with E-state index in [0.29, 0.717) is 48.6 Å². The maximum Gasteiger partial charge on any atom is 0.270 e. The molecule has 234 valence electrons. The number of anilines is 1. The minimum absolute atomic E-state index is 0.0869. The number of hydrogen-bond donors (Lipinski definition) is 2. The first-order valence-corrected chi connectivity index (χ1v) is 17.0. The average Bonchev–Trinajstić information content (AvgIpc) is 3.70. The summed E-state index contributed by atoms with van der Waals surface area (Å²) < 4.78 is 8.54. The van der Waals surface area contributed by atoms with Gasteiger partial charge in [-0.25, -0.2) is 0 Å². The minimum Gasteiger partial charge on any atom is -0.497 e. The highest BCUT2D eigenvalue weighted by Crippen LogP contribution is 2.34. The summed E-state index contributed by atoms with van der Waals surface area (Å²) in [4.78, 5) is 33.6. The molecule has 0 unspecified atom stereocenters. The molecule has 2 amide bonds. The Hall–Kier alpha value is -3.09. The molecule has 3 aromatic rings. The number of benzene rings is 2. The van der Waals surface area contributed by atoms with E-state index in [2.05, 4.69) is 55.9 Å². The third kappa shape index (κ3) is 6.08. The second-order valence-electron chi connectivity index (χ2n) is 12.5. The summed E-state index contributed by atoms with van der Waals surface area (Å²) >= 11 is 2.48. The number of rotatable bonds is 8. The first-order valence-electron chi connectivity index (χ1n) is 15.5. The number of nitrogens with zero attached hydrogens (tertiary/aromatic N) is 4. The number of β-amino-alcohol motifs (C(OH)–C–C–N with tert-alkyl or cyclic N) is 1. The van der Waals surface area contributed by atoms with Gasteiger partial charge in [0.05, 0.1) is 23.8 Å². The van der Waals surface area contributed by atoms with Crippen LogP contribution in [0.25, 0.3) is 11.1 Å². The van der Waals surface area contributed by atoms with Gasteiger partial charge in [-0.1, -0.05) is 28.7 Å². The van der Waals surface area contributed by atoms with Crippen molar-refractivity contribution in [3.8, 4) is 16.9 Å². The fourth-order valence-electron chi connectivity index (χ4n) is 6.99. The van der Waals surface area contributed by atoms with E-state index in [4.69, 9.17) is 4.74 Å². The van der Waals surface area contributed by atoms with Gasteiger partial charge in [0.25, 0.3) is 11.8 Å². The highest BCUT2D eigenvalue weighted by Gasteiger charge is 2.39. The second-order valence-corrected chi connectivity index (χ2v) is 13.2. The van der Waals surface area contributed by atoms with Crippen molar-refractivity contribution in [3.63, 3.8) is 0 Å². The second kappa shape index (κ2) is 12.7. The largest absolute Gasteiger partial charge is 0.497 e. The summed E-state index contributed by atoms with van der Waals surface area (Å²) in [6, 6.07) is 15.0. The molecule has 3 fully saturated rings. The summed E-state index contributed by atoms with van der Waals surface area (Å²) in [5.74, 6) is 0.489. The number of nitrogens with one attached hydrogen (secondary N) is 1. The van der Waals surface area contributed by atoms with Gasteiger partial charge in [0.1, 0.15) is 11.4 Å². The predicted molar refractivity (Wildman–Crippen MR) is 181 cm³/mol. The van der Waals surface area contributed by atoms with Crippen molar-refractivity contribution in [2.75, 3.05) is 42.7 Å². The van der Waals surface area contributed by atoms with Crippen molar-refractivity contribution in [1.82, 2.24) is 19.7 Å². The Kier molecular flexibility index (Phi) is 8.94. The highest BCUT2D eigenvalue weighted by atomic mass is 127. The van der Waals surface area contributed by atoms with Crippen LogP contribution in [0.15, 0.2) is 48.7 Å². The van der Waals surface area contributed by atoms with Crippen LogP contribution < -0.4 is 15.0 Å². The van der Waals surface area contributed by atoms with E-state index in [0.717, 1.165) is 45.6 Å². The number of amides is 2. The molecule has 0 saturated carbocycles. The van der Waals surface area contributed by atoms with Crippen LogP contribution in [0.5, 0.6) is 5.75 Å². The lowest BCUT2D eigenvalue weighted by Gasteiger charge is -2.41. The van der Waals surface area contributed by atoms with Gasteiger partial charge in [0, 0.05) is 68.3 Å². The number of alkyl halides is 1. The van der Waals surface area contributed by atoms with Crippen molar-refractivity contribution in [3.05, 3.63) is 71.0 Å². The molecule has 4 heterocycles. The highest BCUT2D eigenvalue weighted by molar-refractivity contribution is 14.1. The van der Waals surface area contributed by atoms with Crippen LogP contribution in [-0.2, 0) is 7.05 Å². The molecule has 3 aliphatic heterocycles. The number of aliphatic hydroxyl groups excluding tert-OH is 1. The van der Waals surface area contributed by atoms with Crippen molar-refractivity contribution in [2.24, 2.45) is 7.05 Å². The van der Waals surface area contributed by atoms with Gasteiger partial charge < -0.3 is 29.5 Å². The van der Waals surface area contributed by atoms with Crippen molar-refractivity contribution < 1.29 is 19.4 Å². The number of carbonyl (C=O) groups is 2. The van der Waals surface area contributed by atoms with Crippen LogP contribution in [0.3, 0.4) is 0 Å². The van der Waals surface area contributed by atoms with E-state index in [1.165, 1.54) is 12.8 Å². The Balaban J connectivity index is 1.20. The lowest BCUT2D eigenvalue weighted by Crippen LogP contribution is -2.53. The molecular weight excluding hydrogens is 669 g/mol. The summed E-state index contributed by atoms with van der Waals surface area (Å²) in [5.41, 5.74) is 6.01. The maximum atomic E-state index is 13.7. The summed E-state index contributed by atoms with van der Waals surface area (Å²) in [5, 5.41) is 13.1. The Morgan fingerprint density at radius 1 is 1.05 bits per heavy atom. The van der Waals surface area contributed by atoms with Gasteiger partial charge in [0.2, 0.25) is 0 Å². The van der Waals surface area contributed by atoms with E-state index in [9.17, 15) is 14.7 Å². The van der Waals surface area contributed by atoms with E-state index in [1.807, 2.05) is 55.9 Å². The molecule has 2 N–H and O–H groups in total. The van der Waals surface area contributed by atoms with Gasteiger partial charge in [0.15, 0.2) is 0 Å². The third-order valence-corrected chi connectivity index (χ3v) is 10.4. The number of hydrogen-bond acceptors (Lipinski definition) is 6. The van der Waals surface area contributed by atoms with Crippen LogP contribution in [0, 0.1) is 6.92 Å². The number of carbonyl (C=O) groups excluding carboxylic acids is 2. The molecule has 3 aliphatic rings. The molecule has 0 aliphatic carbocycles. The topological polar surface area (TPSA) is 90.3 Å². The summed E-state index contributed by atoms with van der Waals surface area (Å²) in [6.07, 6.45) is 4.56. The van der Waals surface area contributed by atoms with E-state index < -0.39 is 6.10 Å². The van der Waals surface area contributed by atoms with Crippen LogP contribution in [-0.4, -0.2) is 87.3 Å². The summed E-state index contributed by atoms with van der Waals surface area (Å²) in [7, 11) is 3.49. The Morgan fingerprint density at radius 3 is 2.45 bits per heavy atom. The average molecular weight is 712 g/mol. The van der Waals surface area contributed by atoms with Crippen molar-refractivity contribution >= 4 is 40.1 Å². The number of likely N-dealkylation sites (tertiary alicyclic amines) is 1. The van der Waals surface area contributed by atoms with E-state index in [1.54, 1.807) is 12.0 Å². The quantitative estimate of drug-likeness (QED) is 0.199. The van der Waals surface area contributed by atoms with Crippen LogP contribution in [0.2, 0.25) is 0 Å². The molecule has 2 bridgehead atoms. The normalized spacial score (nSPS) is 22.4. The van der Waals surface area contributed by atoms with Crippen molar-refractivity contribution in [1.29, 1.82) is 0 Å². The molecule has 9 nitrogen and oxygen atoms in total. The van der Waals surface area contributed by atoms with Gasteiger partial charge in [-0.3, -0.25) is 14.5 Å². The van der Waals surface area contributed by atoms with Gasteiger partial charge in [-0.05, 0) is 86.2 Å². The van der Waals surface area contributed by atoms with Gasteiger partial charge in [-0.15, -0.1) is 0 Å². The van der Waals surface area contributed by atoms with Crippen LogP contribution in [0.1, 0.15) is 64.2 Å². The van der Waals surface area contributed by atoms with E-state index >= 15 is 0 Å². The smallest absolute Gasteiger partial charge is 0.270 e. The zero-order valence-corrected chi connectivity index (χ0v) is 28.1. The van der Waals surface area contributed by atoms with Gasteiger partial charge in [-0.2, -0.15) is 0 Å². The zero-order chi connectivity index (χ0) is 31.1. The fraction of sp³-hybridized carbons (Fsp3) is 0.471. The molecule has 1 aromatic heterocycles. The predicted octanol–water partition coefficient (Wildman–Crippen LogP) is 4.75. The number of halogens is 1. The molecule has 6 rings (SSSR count). The molecule has 44 heavy (non-hydrogen) atoms. The molecular formula is C34H42IN5O4. The Bertz CT molecular complexity index is 1540. The van der Waals surface area contributed by atoms with Crippen LogP contribution >= 0.6 is 22.6 Å². The maximum absolute atomic E-state index is 13.7. The molecule has 10 heteroatoms. The number of fused-ring (bicyclic) bond motifs is 2. The molecule has 3 saturated heterocycles. The molecule has 2 aromatic carbocycles. The number of ether oxygens (including phenoxy) is 1. The zero-order valence-electron chi connectivity index (χ0n) is 25.9. The lowest BCUT2D eigenvalue weighted by atomic mass is 10.00. The standard InChI is InChI=1S/C34H42IN5O4/c1-21-5-6-26(39-17-27-7-8-28(18-39)40(27)20-35)15-31(21)33(42)36-22(2)23-11-24(13-30(12-23)44-4)25-14-32(37(3)16-25)34(43)38-10-9-29(41)19-38/h5-6,11-16,22,27-29,41H,7-10,17-20H2,1-4H3,(H,36,42)/t22-,27-,28+,29+/m1/s1. The minimum atomic E-state index is -0.464. The number of aryl methyl sites for hydroxylation is 2. The number of piperazine rings is 1. The molecule has 0 spiro atoms. The first-order chi connectivity index (χ1) is 21.1. The molecule has 0 radical (unpaired) electrons. The Morgan fingerprint density at radius 2 is 1.80 bits per heavy atom. The lowest BCUT2D eigenvalue weighted by molar-refractivity contribution is 0.0755.